The van der Waals surface area contributed by atoms with Crippen molar-refractivity contribution < 1.29 is 14.8 Å². The highest BCUT2D eigenvalue weighted by atomic mass is 16.6. The topological polar surface area (TPSA) is 87.9 Å². The number of piperidine rings is 2. The third-order valence-corrected chi connectivity index (χ3v) is 4.24. The number of likely N-dealkylation sites (tertiary alicyclic amines) is 1. The number of methoxy groups -OCH3 is 1. The summed E-state index contributed by atoms with van der Waals surface area (Å²) in [6.45, 7) is 2.89. The normalized spacial score (nSPS) is 37.2. The van der Waals surface area contributed by atoms with Gasteiger partial charge in [-0.15, -0.1) is 0 Å². The minimum atomic E-state index is -0.596. The van der Waals surface area contributed by atoms with Gasteiger partial charge in [0, 0.05) is 50.0 Å². The van der Waals surface area contributed by atoms with E-state index in [1.807, 2.05) is 0 Å². The van der Waals surface area contributed by atoms with Gasteiger partial charge in [-0.2, -0.15) is 0 Å². The molecule has 2 saturated heterocycles. The maximum atomic E-state index is 10.7. The first-order valence-electron chi connectivity index (χ1n) is 6.89. The summed E-state index contributed by atoms with van der Waals surface area (Å²) in [5.41, 5.74) is 0. The highest BCUT2D eigenvalue weighted by molar-refractivity contribution is 4.87. The standard InChI is InChI=1S/C12H23N3O4/c1-19-8-9-7-14(5-4-11(9)16)10-2-3-12(13-6-10)15(17)18/h9-13,16H,2-8H2,1H3. The van der Waals surface area contributed by atoms with Crippen LogP contribution in [-0.4, -0.2) is 66.6 Å². The molecule has 7 heteroatoms. The Morgan fingerprint density at radius 3 is 2.84 bits per heavy atom. The Kier molecular flexibility index (Phi) is 5.09. The molecule has 2 heterocycles. The molecular formula is C12H23N3O4. The van der Waals surface area contributed by atoms with Crippen LogP contribution in [0, 0.1) is 16.0 Å². The molecular weight excluding hydrogens is 250 g/mol. The van der Waals surface area contributed by atoms with Crippen molar-refractivity contribution in [3.05, 3.63) is 10.1 Å². The van der Waals surface area contributed by atoms with Crippen LogP contribution in [0.2, 0.25) is 0 Å². The molecule has 2 rings (SSSR count). The Balaban J connectivity index is 1.84. The second kappa shape index (κ2) is 6.60. The fourth-order valence-corrected chi connectivity index (χ4v) is 3.08. The molecule has 110 valence electrons. The van der Waals surface area contributed by atoms with Gasteiger partial charge in [0.25, 0.3) is 6.17 Å². The van der Waals surface area contributed by atoms with Crippen molar-refractivity contribution in [3.8, 4) is 0 Å². The predicted molar refractivity (Wildman–Crippen MR) is 69.4 cm³/mol. The lowest BCUT2D eigenvalue weighted by atomic mass is 9.92. The number of nitro groups is 1. The molecule has 2 aliphatic heterocycles. The molecule has 7 nitrogen and oxygen atoms in total. The van der Waals surface area contributed by atoms with Gasteiger partial charge in [-0.3, -0.25) is 20.3 Å². The van der Waals surface area contributed by atoms with Crippen LogP contribution in [0.4, 0.5) is 0 Å². The summed E-state index contributed by atoms with van der Waals surface area (Å²) in [5, 5.41) is 23.6. The molecule has 2 N–H and O–H groups in total. The summed E-state index contributed by atoms with van der Waals surface area (Å²) in [6.07, 6.45) is 1.28. The summed E-state index contributed by atoms with van der Waals surface area (Å²) < 4.78 is 5.14. The Morgan fingerprint density at radius 1 is 1.47 bits per heavy atom. The van der Waals surface area contributed by atoms with Crippen molar-refractivity contribution in [2.45, 2.75) is 37.6 Å². The van der Waals surface area contributed by atoms with E-state index in [2.05, 4.69) is 10.2 Å². The average Bonchev–Trinajstić information content (AvgIpc) is 2.41. The fraction of sp³-hybridized carbons (Fsp3) is 1.00. The number of nitrogens with one attached hydrogen (secondary N) is 1. The molecule has 0 aromatic rings. The minimum Gasteiger partial charge on any atom is -0.393 e. The summed E-state index contributed by atoms with van der Waals surface area (Å²) in [5.74, 6) is 0.145. The molecule has 19 heavy (non-hydrogen) atoms. The molecule has 0 amide bonds. The first-order valence-corrected chi connectivity index (χ1v) is 6.89. The monoisotopic (exact) mass is 273 g/mol. The summed E-state index contributed by atoms with van der Waals surface area (Å²) in [6, 6.07) is 0.336. The van der Waals surface area contributed by atoms with Crippen molar-refractivity contribution in [2.24, 2.45) is 5.92 Å². The summed E-state index contributed by atoms with van der Waals surface area (Å²) in [7, 11) is 1.65. The Bertz CT molecular complexity index is 307. The van der Waals surface area contributed by atoms with Crippen LogP contribution in [0.5, 0.6) is 0 Å². The molecule has 0 aromatic carbocycles. The molecule has 4 atom stereocenters. The second-order valence-electron chi connectivity index (χ2n) is 5.51. The quantitative estimate of drug-likeness (QED) is 0.539. The van der Waals surface area contributed by atoms with Crippen LogP contribution < -0.4 is 5.32 Å². The molecule has 0 aliphatic carbocycles. The highest BCUT2D eigenvalue weighted by Gasteiger charge is 2.35. The van der Waals surface area contributed by atoms with Crippen molar-refractivity contribution in [1.29, 1.82) is 0 Å². The van der Waals surface area contributed by atoms with Crippen molar-refractivity contribution in [3.63, 3.8) is 0 Å². The maximum Gasteiger partial charge on any atom is 0.266 e. The number of nitrogens with zero attached hydrogens (tertiary/aromatic N) is 2. The molecule has 2 aliphatic rings. The molecule has 0 saturated carbocycles. The third kappa shape index (κ3) is 3.62. The zero-order valence-corrected chi connectivity index (χ0v) is 11.3. The Labute approximate surface area is 113 Å². The van der Waals surface area contributed by atoms with Gasteiger partial charge in [0.2, 0.25) is 0 Å². The van der Waals surface area contributed by atoms with Crippen LogP contribution in [-0.2, 0) is 4.74 Å². The van der Waals surface area contributed by atoms with Crippen molar-refractivity contribution >= 4 is 0 Å². The van der Waals surface area contributed by atoms with E-state index in [1.54, 1.807) is 7.11 Å². The van der Waals surface area contributed by atoms with Gasteiger partial charge in [0.15, 0.2) is 0 Å². The van der Waals surface area contributed by atoms with E-state index in [0.717, 1.165) is 25.9 Å². The first-order chi connectivity index (χ1) is 9.11. The van der Waals surface area contributed by atoms with Crippen molar-refractivity contribution in [2.75, 3.05) is 33.4 Å². The minimum absolute atomic E-state index is 0.145. The summed E-state index contributed by atoms with van der Waals surface area (Å²) in [4.78, 5) is 12.8. The van der Waals surface area contributed by atoms with E-state index in [1.165, 1.54) is 0 Å². The van der Waals surface area contributed by atoms with Gasteiger partial charge in [0.1, 0.15) is 0 Å². The first kappa shape index (κ1) is 14.6. The number of ether oxygens (including phenoxy) is 1. The van der Waals surface area contributed by atoms with E-state index < -0.39 is 6.17 Å². The number of aliphatic hydroxyl groups is 1. The van der Waals surface area contributed by atoms with Gasteiger partial charge in [0.05, 0.1) is 12.7 Å². The number of hydrogen-bond acceptors (Lipinski definition) is 6. The molecule has 0 spiro atoms. The second-order valence-corrected chi connectivity index (χ2v) is 5.51. The lowest BCUT2D eigenvalue weighted by Gasteiger charge is -2.42. The van der Waals surface area contributed by atoms with Gasteiger partial charge in [-0.25, -0.2) is 0 Å². The van der Waals surface area contributed by atoms with E-state index in [4.69, 9.17) is 4.74 Å². The van der Waals surface area contributed by atoms with Crippen LogP contribution in [0.25, 0.3) is 0 Å². The molecule has 0 aromatic heterocycles. The molecule has 0 bridgehead atoms. The zero-order chi connectivity index (χ0) is 13.8. The SMILES string of the molecule is COCC1CN(C2CCC([N+](=O)[O-])NC2)CCC1O. The maximum absolute atomic E-state index is 10.7. The van der Waals surface area contributed by atoms with Gasteiger partial charge >= 0.3 is 0 Å². The van der Waals surface area contributed by atoms with Gasteiger partial charge < -0.3 is 9.84 Å². The lowest BCUT2D eigenvalue weighted by Crippen LogP contribution is -2.56. The van der Waals surface area contributed by atoms with Gasteiger partial charge in [-0.1, -0.05) is 0 Å². The summed E-state index contributed by atoms with van der Waals surface area (Å²) >= 11 is 0. The van der Waals surface area contributed by atoms with E-state index >= 15 is 0 Å². The highest BCUT2D eigenvalue weighted by Crippen LogP contribution is 2.23. The smallest absolute Gasteiger partial charge is 0.266 e. The van der Waals surface area contributed by atoms with E-state index in [0.29, 0.717) is 25.6 Å². The molecule has 0 radical (unpaired) electrons. The Hall–Kier alpha value is -0.760. The average molecular weight is 273 g/mol. The number of hydrogen-bond donors (Lipinski definition) is 2. The fourth-order valence-electron chi connectivity index (χ4n) is 3.08. The van der Waals surface area contributed by atoms with E-state index in [9.17, 15) is 15.2 Å². The zero-order valence-electron chi connectivity index (χ0n) is 11.3. The number of aliphatic hydroxyl groups excluding tert-OH is 1. The third-order valence-electron chi connectivity index (χ3n) is 4.24. The van der Waals surface area contributed by atoms with Crippen LogP contribution in [0.1, 0.15) is 19.3 Å². The van der Waals surface area contributed by atoms with E-state index in [-0.39, 0.29) is 16.9 Å². The largest absolute Gasteiger partial charge is 0.393 e. The molecule has 2 fully saturated rings. The predicted octanol–water partition coefficient (Wildman–Crippen LogP) is -0.330. The van der Waals surface area contributed by atoms with Crippen molar-refractivity contribution in [1.82, 2.24) is 10.2 Å². The molecule has 4 unspecified atom stereocenters. The van der Waals surface area contributed by atoms with Gasteiger partial charge in [-0.05, 0) is 12.8 Å². The van der Waals surface area contributed by atoms with Crippen LogP contribution in [0.15, 0.2) is 0 Å². The number of rotatable bonds is 4. The Morgan fingerprint density at radius 2 is 2.26 bits per heavy atom. The lowest BCUT2D eigenvalue weighted by molar-refractivity contribution is -0.532. The van der Waals surface area contributed by atoms with Crippen LogP contribution >= 0.6 is 0 Å². The van der Waals surface area contributed by atoms with Crippen LogP contribution in [0.3, 0.4) is 0 Å².